The Kier molecular flexibility index (Phi) is 3.32. The van der Waals surface area contributed by atoms with Crippen molar-refractivity contribution < 1.29 is 4.74 Å². The van der Waals surface area contributed by atoms with Crippen molar-refractivity contribution in [2.45, 2.75) is 38.3 Å². The van der Waals surface area contributed by atoms with Gasteiger partial charge in [-0.2, -0.15) is 0 Å². The molecule has 0 amide bonds. The first-order valence-electron chi connectivity index (χ1n) is 6.87. The topological polar surface area (TPSA) is 12.5 Å². The monoisotopic (exact) mass is 231 g/mol. The van der Waals surface area contributed by atoms with Gasteiger partial charge in [-0.15, -0.1) is 0 Å². The van der Waals surface area contributed by atoms with Gasteiger partial charge in [-0.25, -0.2) is 0 Å². The Morgan fingerprint density at radius 2 is 1.88 bits per heavy atom. The molecule has 2 fully saturated rings. The van der Waals surface area contributed by atoms with Crippen LogP contribution in [0.3, 0.4) is 0 Å². The van der Waals surface area contributed by atoms with Crippen molar-refractivity contribution in [3.05, 3.63) is 30.3 Å². The van der Waals surface area contributed by atoms with Crippen LogP contribution in [0.15, 0.2) is 30.3 Å². The van der Waals surface area contributed by atoms with Gasteiger partial charge in [0.25, 0.3) is 0 Å². The molecule has 2 aliphatic rings. The third-order valence-corrected chi connectivity index (χ3v) is 3.76. The van der Waals surface area contributed by atoms with Gasteiger partial charge >= 0.3 is 0 Å². The van der Waals surface area contributed by atoms with Crippen molar-refractivity contribution in [3.8, 4) is 0 Å². The molecule has 1 aromatic carbocycles. The molecule has 2 nitrogen and oxygen atoms in total. The summed E-state index contributed by atoms with van der Waals surface area (Å²) in [5.41, 5.74) is 1.31. The largest absolute Gasteiger partial charge is 0.358 e. The van der Waals surface area contributed by atoms with E-state index in [0.717, 1.165) is 19.1 Å². The Labute approximate surface area is 104 Å². The smallest absolute Gasteiger partial charge is 0.130 e. The summed E-state index contributed by atoms with van der Waals surface area (Å²) < 4.78 is 6.10. The Morgan fingerprint density at radius 1 is 1.06 bits per heavy atom. The van der Waals surface area contributed by atoms with E-state index in [9.17, 15) is 0 Å². The third kappa shape index (κ3) is 2.81. The third-order valence-electron chi connectivity index (χ3n) is 3.76. The lowest BCUT2D eigenvalue weighted by Gasteiger charge is -2.37. The molecular weight excluding hydrogens is 210 g/mol. The maximum Gasteiger partial charge on any atom is 0.130 e. The highest BCUT2D eigenvalue weighted by Gasteiger charge is 2.27. The van der Waals surface area contributed by atoms with E-state index in [2.05, 4.69) is 35.2 Å². The lowest BCUT2D eigenvalue weighted by Crippen LogP contribution is -2.41. The number of benzene rings is 1. The van der Waals surface area contributed by atoms with E-state index in [4.69, 9.17) is 4.74 Å². The van der Waals surface area contributed by atoms with Crippen molar-refractivity contribution in [3.63, 3.8) is 0 Å². The standard InChI is InChI=1S/C15H21NO/c1-2-6-14(7-3-1)16-11-5-4-8-15(16)17-12-13-9-10-13/h1-3,6-7,13,15H,4-5,8-12H2. The highest BCUT2D eigenvalue weighted by atomic mass is 16.5. The summed E-state index contributed by atoms with van der Waals surface area (Å²) >= 11 is 0. The number of hydrogen-bond acceptors (Lipinski definition) is 2. The molecule has 1 atom stereocenters. The summed E-state index contributed by atoms with van der Waals surface area (Å²) in [6, 6.07) is 10.7. The molecule has 0 spiro atoms. The van der Waals surface area contributed by atoms with Crippen LogP contribution in [0.2, 0.25) is 0 Å². The fraction of sp³-hybridized carbons (Fsp3) is 0.600. The van der Waals surface area contributed by atoms with Crippen LogP contribution >= 0.6 is 0 Å². The maximum absolute atomic E-state index is 6.10. The average Bonchev–Trinajstić information content (AvgIpc) is 3.22. The molecule has 1 saturated carbocycles. The fourth-order valence-electron chi connectivity index (χ4n) is 2.52. The number of piperidine rings is 1. The molecule has 92 valence electrons. The Balaban J connectivity index is 1.66. The second-order valence-corrected chi connectivity index (χ2v) is 5.26. The minimum absolute atomic E-state index is 0.312. The molecule has 3 rings (SSSR count). The molecule has 2 heteroatoms. The van der Waals surface area contributed by atoms with Gasteiger partial charge in [-0.3, -0.25) is 0 Å². The van der Waals surface area contributed by atoms with Gasteiger partial charge in [-0.1, -0.05) is 18.2 Å². The second-order valence-electron chi connectivity index (χ2n) is 5.26. The summed E-state index contributed by atoms with van der Waals surface area (Å²) in [6.07, 6.45) is 6.83. The van der Waals surface area contributed by atoms with E-state index >= 15 is 0 Å². The SMILES string of the molecule is c1ccc(N2CCCCC2OCC2CC2)cc1. The predicted molar refractivity (Wildman–Crippen MR) is 70.1 cm³/mol. The van der Waals surface area contributed by atoms with E-state index < -0.39 is 0 Å². The summed E-state index contributed by atoms with van der Waals surface area (Å²) in [6.45, 7) is 2.10. The lowest BCUT2D eigenvalue weighted by molar-refractivity contribution is 0.0282. The Morgan fingerprint density at radius 3 is 2.65 bits per heavy atom. The summed E-state index contributed by atoms with van der Waals surface area (Å²) in [5.74, 6) is 0.856. The quantitative estimate of drug-likeness (QED) is 0.787. The molecule has 1 aromatic rings. The predicted octanol–water partition coefficient (Wildman–Crippen LogP) is 3.43. The highest BCUT2D eigenvalue weighted by Crippen LogP contribution is 2.31. The molecule has 0 N–H and O–H groups in total. The van der Waals surface area contributed by atoms with Crippen molar-refractivity contribution in [2.75, 3.05) is 18.1 Å². The van der Waals surface area contributed by atoms with Crippen LogP contribution in [-0.4, -0.2) is 19.4 Å². The van der Waals surface area contributed by atoms with E-state index in [-0.39, 0.29) is 0 Å². The van der Waals surface area contributed by atoms with Gasteiger partial charge in [0.1, 0.15) is 6.23 Å². The molecule has 0 bridgehead atoms. The van der Waals surface area contributed by atoms with Crippen molar-refractivity contribution >= 4 is 5.69 Å². The van der Waals surface area contributed by atoms with Gasteiger partial charge in [-0.05, 0) is 50.2 Å². The minimum Gasteiger partial charge on any atom is -0.358 e. The Bertz CT molecular complexity index is 347. The number of hydrogen-bond donors (Lipinski definition) is 0. The van der Waals surface area contributed by atoms with Crippen LogP contribution in [0, 0.1) is 5.92 Å². The molecule has 1 aliphatic carbocycles. The van der Waals surface area contributed by atoms with E-state index in [1.165, 1.54) is 37.8 Å². The lowest BCUT2D eigenvalue weighted by atomic mass is 10.1. The first-order chi connectivity index (χ1) is 8.43. The van der Waals surface area contributed by atoms with Crippen LogP contribution in [0.4, 0.5) is 5.69 Å². The molecule has 17 heavy (non-hydrogen) atoms. The molecule has 0 aromatic heterocycles. The van der Waals surface area contributed by atoms with Crippen LogP contribution in [0.5, 0.6) is 0 Å². The van der Waals surface area contributed by atoms with Crippen molar-refractivity contribution in [2.24, 2.45) is 5.92 Å². The van der Waals surface area contributed by atoms with Crippen LogP contribution in [0.1, 0.15) is 32.1 Å². The number of ether oxygens (including phenoxy) is 1. The van der Waals surface area contributed by atoms with E-state index in [1.54, 1.807) is 0 Å². The van der Waals surface area contributed by atoms with Crippen LogP contribution in [-0.2, 0) is 4.74 Å². The maximum atomic E-state index is 6.10. The molecule has 0 radical (unpaired) electrons. The van der Waals surface area contributed by atoms with Crippen LogP contribution < -0.4 is 4.90 Å². The summed E-state index contributed by atoms with van der Waals surface area (Å²) in [5, 5.41) is 0. The zero-order valence-electron chi connectivity index (χ0n) is 10.3. The first kappa shape index (κ1) is 11.1. The minimum atomic E-state index is 0.312. The molecule has 1 saturated heterocycles. The molecule has 1 aliphatic heterocycles. The number of nitrogens with zero attached hydrogens (tertiary/aromatic N) is 1. The summed E-state index contributed by atoms with van der Waals surface area (Å²) in [7, 11) is 0. The highest BCUT2D eigenvalue weighted by molar-refractivity contribution is 5.46. The van der Waals surface area contributed by atoms with E-state index in [0.29, 0.717) is 6.23 Å². The zero-order valence-corrected chi connectivity index (χ0v) is 10.3. The molecular formula is C15H21NO. The zero-order chi connectivity index (χ0) is 11.5. The van der Waals surface area contributed by atoms with Gasteiger partial charge in [0, 0.05) is 12.2 Å². The van der Waals surface area contributed by atoms with E-state index in [1.807, 2.05) is 0 Å². The first-order valence-corrected chi connectivity index (χ1v) is 6.87. The van der Waals surface area contributed by atoms with Gasteiger partial charge in [0.2, 0.25) is 0 Å². The number of anilines is 1. The van der Waals surface area contributed by atoms with Crippen molar-refractivity contribution in [1.82, 2.24) is 0 Å². The van der Waals surface area contributed by atoms with Gasteiger partial charge < -0.3 is 9.64 Å². The normalized spacial score (nSPS) is 24.9. The number of rotatable bonds is 4. The van der Waals surface area contributed by atoms with Crippen LogP contribution in [0.25, 0.3) is 0 Å². The molecule has 1 unspecified atom stereocenters. The fourth-order valence-corrected chi connectivity index (χ4v) is 2.52. The second kappa shape index (κ2) is 5.09. The van der Waals surface area contributed by atoms with Gasteiger partial charge in [0.05, 0.1) is 6.61 Å². The average molecular weight is 231 g/mol. The Hall–Kier alpha value is -1.02. The van der Waals surface area contributed by atoms with Gasteiger partial charge in [0.15, 0.2) is 0 Å². The summed E-state index contributed by atoms with van der Waals surface area (Å²) in [4.78, 5) is 2.44. The molecule has 1 heterocycles. The number of para-hydroxylation sites is 1. The van der Waals surface area contributed by atoms with Crippen molar-refractivity contribution in [1.29, 1.82) is 0 Å².